The first-order valence-corrected chi connectivity index (χ1v) is 8.51. The summed E-state index contributed by atoms with van der Waals surface area (Å²) in [7, 11) is -0.648. The van der Waals surface area contributed by atoms with Crippen molar-refractivity contribution in [3.05, 3.63) is 30.3 Å². The van der Waals surface area contributed by atoms with E-state index in [1.54, 1.807) is 5.69 Å². The molecule has 14 heavy (non-hydrogen) atoms. The molecular formula is C12H20NSi+. The Kier molecular flexibility index (Phi) is 2.75. The molecule has 0 saturated carbocycles. The summed E-state index contributed by atoms with van der Waals surface area (Å²) in [5, 5.41) is 0. The van der Waals surface area contributed by atoms with Crippen molar-refractivity contribution >= 4 is 14.6 Å². The lowest BCUT2D eigenvalue weighted by atomic mass is 10.3. The molecule has 2 heteroatoms. The van der Waals surface area contributed by atoms with Crippen LogP contribution in [-0.4, -0.2) is 22.0 Å². The van der Waals surface area contributed by atoms with Crippen molar-refractivity contribution in [3.8, 4) is 0 Å². The maximum absolute atomic E-state index is 2.48. The average molecular weight is 206 g/mol. The second-order valence-electron chi connectivity index (χ2n) is 4.62. The largest absolute Gasteiger partial charge is 0.353 e. The van der Waals surface area contributed by atoms with Crippen LogP contribution in [0.4, 0.5) is 5.69 Å². The maximum Gasteiger partial charge on any atom is 0.269 e. The molecule has 1 aliphatic heterocycles. The van der Waals surface area contributed by atoms with Crippen molar-refractivity contribution in [1.82, 2.24) is 4.15 Å². The summed E-state index contributed by atoms with van der Waals surface area (Å²) in [5.41, 5.74) is 1.56. The van der Waals surface area contributed by atoms with Crippen molar-refractivity contribution < 1.29 is 0 Å². The van der Waals surface area contributed by atoms with E-state index in [0.29, 0.717) is 0 Å². The Morgan fingerprint density at radius 2 is 1.57 bits per heavy atom. The molecule has 1 fully saturated rings. The summed E-state index contributed by atoms with van der Waals surface area (Å²) in [5.74, 6) is 0. The van der Waals surface area contributed by atoms with Gasteiger partial charge >= 0.3 is 0 Å². The van der Waals surface area contributed by atoms with E-state index in [1.165, 1.54) is 30.1 Å². The van der Waals surface area contributed by atoms with Crippen LogP contribution in [-0.2, 0) is 0 Å². The van der Waals surface area contributed by atoms with Gasteiger partial charge in [-0.2, -0.15) is 0 Å². The number of hydrogen-bond donors (Lipinski definition) is 0. The fourth-order valence-electron chi connectivity index (χ4n) is 2.70. The third-order valence-corrected chi connectivity index (χ3v) is 6.41. The molecule has 1 nitrogen and oxygen atoms in total. The van der Waals surface area contributed by atoms with E-state index in [1.807, 2.05) is 0 Å². The fraction of sp³-hybridized carbons (Fsp3) is 0.500. The fourth-order valence-corrected chi connectivity index (χ4v) is 4.86. The quantitative estimate of drug-likeness (QED) is 0.653. The van der Waals surface area contributed by atoms with E-state index in [-0.39, 0.29) is 0 Å². The summed E-state index contributed by atoms with van der Waals surface area (Å²) in [4.78, 5) is 0. The molecule has 0 N–H and O–H groups in total. The van der Waals surface area contributed by atoms with Crippen LogP contribution in [0.1, 0.15) is 12.8 Å². The highest BCUT2D eigenvalue weighted by Gasteiger charge is 2.37. The molecule has 2 rings (SSSR count). The summed E-state index contributed by atoms with van der Waals surface area (Å²) >= 11 is 0. The molecule has 0 amide bonds. The SMILES string of the molecule is C[SiH](C)[N+]1(c2ccccc2)CCCC1. The van der Waals surface area contributed by atoms with Gasteiger partial charge in [0.25, 0.3) is 8.96 Å². The second-order valence-corrected chi connectivity index (χ2v) is 7.79. The number of hydrogen-bond acceptors (Lipinski definition) is 0. The molecule has 1 aromatic carbocycles. The molecule has 0 atom stereocenters. The van der Waals surface area contributed by atoms with Gasteiger partial charge in [0.1, 0.15) is 5.69 Å². The summed E-state index contributed by atoms with van der Waals surface area (Å²) < 4.78 is 1.33. The van der Waals surface area contributed by atoms with Gasteiger partial charge in [-0.3, -0.25) is 0 Å². The Morgan fingerprint density at radius 3 is 2.07 bits per heavy atom. The summed E-state index contributed by atoms with van der Waals surface area (Å²) in [6, 6.07) is 11.1. The van der Waals surface area contributed by atoms with Crippen LogP contribution in [0.5, 0.6) is 0 Å². The minimum Gasteiger partial charge on any atom is -0.353 e. The molecule has 0 radical (unpaired) electrons. The number of benzene rings is 1. The van der Waals surface area contributed by atoms with Gasteiger partial charge in [0.05, 0.1) is 13.1 Å². The van der Waals surface area contributed by atoms with Gasteiger partial charge in [-0.05, 0) is 25.2 Å². The molecule has 0 aliphatic carbocycles. The molecule has 0 unspecified atom stereocenters. The minimum absolute atomic E-state index is 0.648. The number of rotatable bonds is 2. The van der Waals surface area contributed by atoms with Gasteiger partial charge in [0.2, 0.25) is 0 Å². The van der Waals surface area contributed by atoms with Gasteiger partial charge in [-0.1, -0.05) is 18.2 Å². The van der Waals surface area contributed by atoms with Crippen LogP contribution in [0.15, 0.2) is 30.3 Å². The average Bonchev–Trinajstić information content (AvgIpc) is 2.69. The third kappa shape index (κ3) is 1.53. The van der Waals surface area contributed by atoms with Gasteiger partial charge < -0.3 is 4.15 Å². The van der Waals surface area contributed by atoms with E-state index in [2.05, 4.69) is 43.4 Å². The third-order valence-electron chi connectivity index (χ3n) is 3.62. The van der Waals surface area contributed by atoms with Crippen LogP contribution in [0.25, 0.3) is 0 Å². The number of para-hydroxylation sites is 1. The lowest BCUT2D eigenvalue weighted by molar-refractivity contribution is 0.520. The molecule has 1 aliphatic rings. The zero-order valence-corrected chi connectivity index (χ0v) is 10.4. The van der Waals surface area contributed by atoms with E-state index < -0.39 is 8.96 Å². The first-order chi connectivity index (χ1) is 6.76. The highest BCUT2D eigenvalue weighted by Crippen LogP contribution is 2.30. The predicted molar refractivity (Wildman–Crippen MR) is 66.1 cm³/mol. The highest BCUT2D eigenvalue weighted by atomic mass is 28.3. The maximum atomic E-state index is 2.48. The zero-order valence-electron chi connectivity index (χ0n) is 9.24. The van der Waals surface area contributed by atoms with Gasteiger partial charge in [-0.15, -0.1) is 0 Å². The topological polar surface area (TPSA) is 0 Å². The molecule has 1 heterocycles. The monoisotopic (exact) mass is 206 g/mol. The molecule has 76 valence electrons. The van der Waals surface area contributed by atoms with Crippen LogP contribution in [0.3, 0.4) is 0 Å². The van der Waals surface area contributed by atoms with E-state index in [9.17, 15) is 0 Å². The summed E-state index contributed by atoms with van der Waals surface area (Å²) in [6.07, 6.45) is 2.83. The van der Waals surface area contributed by atoms with Gasteiger partial charge in [0.15, 0.2) is 0 Å². The Bertz CT molecular complexity index is 288. The molecule has 0 bridgehead atoms. The van der Waals surface area contributed by atoms with Crippen LogP contribution < -0.4 is 4.15 Å². The Balaban J connectivity index is 2.36. The number of quaternary nitrogens is 1. The molecule has 1 aromatic rings. The van der Waals surface area contributed by atoms with E-state index >= 15 is 0 Å². The van der Waals surface area contributed by atoms with Gasteiger partial charge in [-0.25, -0.2) is 0 Å². The van der Waals surface area contributed by atoms with Crippen molar-refractivity contribution in [3.63, 3.8) is 0 Å². The van der Waals surface area contributed by atoms with Crippen LogP contribution >= 0.6 is 0 Å². The lowest BCUT2D eigenvalue weighted by Gasteiger charge is -2.38. The molecule has 0 spiro atoms. The smallest absolute Gasteiger partial charge is 0.269 e. The molecule has 1 saturated heterocycles. The lowest BCUT2D eigenvalue weighted by Crippen LogP contribution is -2.55. The minimum atomic E-state index is -0.648. The Labute approximate surface area is 88.6 Å². The first kappa shape index (κ1) is 9.93. The molecule has 0 aromatic heterocycles. The number of nitrogens with zero attached hydrogens (tertiary/aromatic N) is 1. The van der Waals surface area contributed by atoms with Crippen LogP contribution in [0.2, 0.25) is 13.1 Å². The normalized spacial score (nSPS) is 20.2. The summed E-state index contributed by atoms with van der Waals surface area (Å²) in [6.45, 7) is 7.73. The predicted octanol–water partition coefficient (Wildman–Crippen LogP) is 2.77. The zero-order chi connectivity index (χ0) is 10.0. The van der Waals surface area contributed by atoms with Crippen LogP contribution in [0, 0.1) is 0 Å². The highest BCUT2D eigenvalue weighted by molar-refractivity contribution is 6.57. The Morgan fingerprint density at radius 1 is 1.00 bits per heavy atom. The second kappa shape index (κ2) is 3.87. The van der Waals surface area contributed by atoms with Crippen molar-refractivity contribution in [1.29, 1.82) is 0 Å². The van der Waals surface area contributed by atoms with E-state index in [4.69, 9.17) is 0 Å². The molecular weight excluding hydrogens is 186 g/mol. The van der Waals surface area contributed by atoms with Crippen molar-refractivity contribution in [2.24, 2.45) is 0 Å². The van der Waals surface area contributed by atoms with Gasteiger partial charge in [0, 0.05) is 12.8 Å². The van der Waals surface area contributed by atoms with E-state index in [0.717, 1.165) is 0 Å². The standard InChI is InChI=1S/C12H20NSi/c1-14(2)13(10-6-7-11-13)12-8-4-3-5-9-12/h3-5,8-9,14H,6-7,10-11H2,1-2H3/q+1. The Hall–Kier alpha value is -0.603. The van der Waals surface area contributed by atoms with Crippen molar-refractivity contribution in [2.45, 2.75) is 25.9 Å². The first-order valence-electron chi connectivity index (χ1n) is 5.68. The van der Waals surface area contributed by atoms with Crippen molar-refractivity contribution in [2.75, 3.05) is 13.1 Å².